The molecule has 0 bridgehead atoms. The summed E-state index contributed by atoms with van der Waals surface area (Å²) in [5.41, 5.74) is 2.51. The van der Waals surface area contributed by atoms with E-state index in [9.17, 15) is 9.18 Å². The van der Waals surface area contributed by atoms with Crippen LogP contribution in [-0.2, 0) is 13.0 Å². The van der Waals surface area contributed by atoms with Gasteiger partial charge in [-0.1, -0.05) is 30.7 Å². The van der Waals surface area contributed by atoms with Crippen LogP contribution in [0.1, 0.15) is 34.1 Å². The molecule has 1 aromatic heterocycles. The van der Waals surface area contributed by atoms with Gasteiger partial charge in [0.1, 0.15) is 11.0 Å². The van der Waals surface area contributed by atoms with Crippen molar-refractivity contribution < 1.29 is 9.18 Å². The lowest BCUT2D eigenvalue weighted by Gasteiger charge is -2.08. The molecule has 0 fully saturated rings. The fourth-order valence-electron chi connectivity index (χ4n) is 1.89. The number of benzene rings is 1. The van der Waals surface area contributed by atoms with Crippen LogP contribution in [-0.4, -0.2) is 10.9 Å². The second-order valence-electron chi connectivity index (χ2n) is 4.79. The molecule has 0 unspecified atom stereocenters. The number of carbonyl (C=O) groups is 1. The summed E-state index contributed by atoms with van der Waals surface area (Å²) in [6.07, 6.45) is 0.698. The Bertz CT molecular complexity index is 673. The van der Waals surface area contributed by atoms with Gasteiger partial charge in [0.2, 0.25) is 0 Å². The molecule has 1 N–H and O–H groups in total. The standard InChI is InChI=1S/C16H16ClFN2O/c1-3-13-7-12(8-15(17)20-13)16(21)19-9-11-5-4-10(2)14(18)6-11/h4-8H,3,9H2,1-2H3,(H,19,21). The van der Waals surface area contributed by atoms with E-state index in [4.69, 9.17) is 11.6 Å². The molecule has 0 aliphatic heterocycles. The van der Waals surface area contributed by atoms with Crippen molar-refractivity contribution in [3.05, 3.63) is 63.7 Å². The molecule has 0 aliphatic rings. The molecule has 2 aromatic rings. The van der Waals surface area contributed by atoms with Gasteiger partial charge < -0.3 is 5.32 Å². The van der Waals surface area contributed by atoms with Gasteiger partial charge in [0.15, 0.2) is 0 Å². The highest BCUT2D eigenvalue weighted by Gasteiger charge is 2.09. The lowest BCUT2D eigenvalue weighted by molar-refractivity contribution is 0.0950. The van der Waals surface area contributed by atoms with Crippen molar-refractivity contribution in [1.82, 2.24) is 10.3 Å². The maximum Gasteiger partial charge on any atom is 0.251 e. The van der Waals surface area contributed by atoms with E-state index in [1.807, 2.05) is 6.92 Å². The van der Waals surface area contributed by atoms with Gasteiger partial charge in [0.05, 0.1) is 0 Å². The normalized spacial score (nSPS) is 10.5. The van der Waals surface area contributed by atoms with E-state index in [1.54, 1.807) is 25.1 Å². The quantitative estimate of drug-likeness (QED) is 0.876. The average Bonchev–Trinajstić information content (AvgIpc) is 2.47. The summed E-state index contributed by atoms with van der Waals surface area (Å²) in [7, 11) is 0. The van der Waals surface area contributed by atoms with E-state index in [0.29, 0.717) is 28.3 Å². The van der Waals surface area contributed by atoms with Gasteiger partial charge >= 0.3 is 0 Å². The van der Waals surface area contributed by atoms with Crippen LogP contribution < -0.4 is 5.32 Å². The van der Waals surface area contributed by atoms with Gasteiger partial charge in [0.25, 0.3) is 5.91 Å². The molecule has 0 spiro atoms. The number of aromatic nitrogens is 1. The summed E-state index contributed by atoms with van der Waals surface area (Å²) >= 11 is 5.89. The summed E-state index contributed by atoms with van der Waals surface area (Å²) in [5, 5.41) is 3.04. The number of nitrogens with zero attached hydrogens (tertiary/aromatic N) is 1. The lowest BCUT2D eigenvalue weighted by Crippen LogP contribution is -2.23. The molecule has 1 amide bonds. The first kappa shape index (κ1) is 15.4. The molecule has 1 aromatic carbocycles. The van der Waals surface area contributed by atoms with Crippen molar-refractivity contribution in [1.29, 1.82) is 0 Å². The second-order valence-corrected chi connectivity index (χ2v) is 5.18. The van der Waals surface area contributed by atoms with Crippen molar-refractivity contribution in [3.63, 3.8) is 0 Å². The zero-order chi connectivity index (χ0) is 15.4. The van der Waals surface area contributed by atoms with E-state index >= 15 is 0 Å². The summed E-state index contributed by atoms with van der Waals surface area (Å²) in [6.45, 7) is 3.90. The molecule has 5 heteroatoms. The zero-order valence-electron chi connectivity index (χ0n) is 11.9. The number of carbonyl (C=O) groups excluding carboxylic acids is 1. The van der Waals surface area contributed by atoms with Gasteiger partial charge in [-0.2, -0.15) is 0 Å². The number of aryl methyl sites for hydroxylation is 2. The SMILES string of the molecule is CCc1cc(C(=O)NCc2ccc(C)c(F)c2)cc(Cl)n1. The van der Waals surface area contributed by atoms with Crippen LogP contribution in [0, 0.1) is 12.7 Å². The Labute approximate surface area is 128 Å². The van der Waals surface area contributed by atoms with Crippen molar-refractivity contribution in [2.45, 2.75) is 26.8 Å². The van der Waals surface area contributed by atoms with Gasteiger partial charge in [-0.15, -0.1) is 0 Å². The smallest absolute Gasteiger partial charge is 0.251 e. The average molecular weight is 307 g/mol. The molecule has 0 saturated heterocycles. The maximum atomic E-state index is 13.4. The van der Waals surface area contributed by atoms with Crippen LogP contribution >= 0.6 is 11.6 Å². The number of rotatable bonds is 4. The Kier molecular flexibility index (Phi) is 4.91. The third-order valence-electron chi connectivity index (χ3n) is 3.16. The monoisotopic (exact) mass is 306 g/mol. The molecular formula is C16H16ClFN2O. The Morgan fingerprint density at radius 1 is 1.33 bits per heavy atom. The van der Waals surface area contributed by atoms with E-state index in [-0.39, 0.29) is 18.3 Å². The molecule has 1 heterocycles. The fourth-order valence-corrected chi connectivity index (χ4v) is 2.12. The largest absolute Gasteiger partial charge is 0.348 e. The Hall–Kier alpha value is -1.94. The first-order valence-corrected chi connectivity index (χ1v) is 7.07. The van der Waals surface area contributed by atoms with Gasteiger partial charge in [-0.05, 0) is 42.7 Å². The summed E-state index contributed by atoms with van der Waals surface area (Å²) < 4.78 is 13.4. The molecule has 0 aliphatic carbocycles. The molecule has 2 rings (SSSR count). The first-order chi connectivity index (χ1) is 9.99. The molecule has 110 valence electrons. The highest BCUT2D eigenvalue weighted by molar-refractivity contribution is 6.29. The highest BCUT2D eigenvalue weighted by Crippen LogP contribution is 2.12. The van der Waals surface area contributed by atoms with Gasteiger partial charge in [-0.3, -0.25) is 4.79 Å². The van der Waals surface area contributed by atoms with Crippen molar-refractivity contribution in [2.75, 3.05) is 0 Å². The summed E-state index contributed by atoms with van der Waals surface area (Å²) in [4.78, 5) is 16.2. The van der Waals surface area contributed by atoms with Crippen LogP contribution in [0.25, 0.3) is 0 Å². The van der Waals surface area contributed by atoms with Crippen molar-refractivity contribution in [2.24, 2.45) is 0 Å². The van der Waals surface area contributed by atoms with Crippen LogP contribution in [0.15, 0.2) is 30.3 Å². The molecule has 0 radical (unpaired) electrons. The minimum absolute atomic E-state index is 0.255. The van der Waals surface area contributed by atoms with Crippen LogP contribution in [0.4, 0.5) is 4.39 Å². The summed E-state index contributed by atoms with van der Waals surface area (Å²) in [6, 6.07) is 8.13. The minimum Gasteiger partial charge on any atom is -0.348 e. The van der Waals surface area contributed by atoms with E-state index in [1.165, 1.54) is 12.1 Å². The molecule has 21 heavy (non-hydrogen) atoms. The number of hydrogen-bond donors (Lipinski definition) is 1. The first-order valence-electron chi connectivity index (χ1n) is 6.69. The second kappa shape index (κ2) is 6.68. The van der Waals surface area contributed by atoms with Crippen LogP contribution in [0.2, 0.25) is 5.15 Å². The maximum absolute atomic E-state index is 13.4. The fraction of sp³-hybridized carbons (Fsp3) is 0.250. The molecule has 0 saturated carbocycles. The van der Waals surface area contributed by atoms with E-state index in [2.05, 4.69) is 10.3 Å². The minimum atomic E-state index is -0.276. The zero-order valence-corrected chi connectivity index (χ0v) is 12.7. The predicted molar refractivity (Wildman–Crippen MR) is 80.9 cm³/mol. The van der Waals surface area contributed by atoms with Crippen molar-refractivity contribution >= 4 is 17.5 Å². The van der Waals surface area contributed by atoms with E-state index < -0.39 is 0 Å². The van der Waals surface area contributed by atoms with Crippen LogP contribution in [0.3, 0.4) is 0 Å². The number of hydrogen-bond acceptors (Lipinski definition) is 2. The Morgan fingerprint density at radius 2 is 2.10 bits per heavy atom. The molecular weight excluding hydrogens is 291 g/mol. The third-order valence-corrected chi connectivity index (χ3v) is 3.35. The summed E-state index contributed by atoms with van der Waals surface area (Å²) in [5.74, 6) is -0.531. The Morgan fingerprint density at radius 3 is 2.76 bits per heavy atom. The third kappa shape index (κ3) is 4.02. The predicted octanol–water partition coefficient (Wildman–Crippen LogP) is 3.67. The molecule has 3 nitrogen and oxygen atoms in total. The number of nitrogens with one attached hydrogen (secondary N) is 1. The Balaban J connectivity index is 2.07. The van der Waals surface area contributed by atoms with E-state index in [0.717, 1.165) is 5.69 Å². The number of pyridine rings is 1. The molecule has 0 atom stereocenters. The number of halogens is 2. The van der Waals surface area contributed by atoms with Gasteiger partial charge in [-0.25, -0.2) is 9.37 Å². The van der Waals surface area contributed by atoms with Crippen molar-refractivity contribution in [3.8, 4) is 0 Å². The van der Waals surface area contributed by atoms with Crippen LogP contribution in [0.5, 0.6) is 0 Å². The highest BCUT2D eigenvalue weighted by atomic mass is 35.5. The van der Waals surface area contributed by atoms with Gasteiger partial charge in [0, 0.05) is 17.8 Å². The lowest BCUT2D eigenvalue weighted by atomic mass is 10.1. The number of amides is 1. The topological polar surface area (TPSA) is 42.0 Å².